The Kier molecular flexibility index (Phi) is 3.36. The van der Waals surface area contributed by atoms with Crippen LogP contribution >= 0.6 is 0 Å². The molecule has 104 valence electrons. The first kappa shape index (κ1) is 13.0. The molecule has 1 aliphatic carbocycles. The Labute approximate surface area is 119 Å². The maximum atomic E-state index is 9.85. The second kappa shape index (κ2) is 5.17. The molecule has 3 rings (SSSR count). The number of fused-ring (bicyclic) bond motifs is 1. The highest BCUT2D eigenvalue weighted by molar-refractivity contribution is 5.56. The molecule has 0 fully saturated rings. The van der Waals surface area contributed by atoms with E-state index in [1.165, 1.54) is 11.1 Å². The highest BCUT2D eigenvalue weighted by atomic mass is 16.3. The molecule has 20 heavy (non-hydrogen) atoms. The van der Waals surface area contributed by atoms with Crippen molar-refractivity contribution < 1.29 is 5.11 Å². The van der Waals surface area contributed by atoms with Gasteiger partial charge in [0.25, 0.3) is 0 Å². The number of aliphatic hydroxyl groups excluding tert-OH is 1. The highest BCUT2D eigenvalue weighted by Crippen LogP contribution is 2.36. The van der Waals surface area contributed by atoms with Crippen LogP contribution < -0.4 is 11.1 Å². The van der Waals surface area contributed by atoms with Crippen LogP contribution in [0.2, 0.25) is 0 Å². The predicted octanol–water partition coefficient (Wildman–Crippen LogP) is 3.42. The predicted molar refractivity (Wildman–Crippen MR) is 82.6 cm³/mol. The zero-order valence-corrected chi connectivity index (χ0v) is 11.6. The number of nitrogens with one attached hydrogen (secondary N) is 1. The first-order chi connectivity index (χ1) is 9.65. The van der Waals surface area contributed by atoms with Crippen molar-refractivity contribution in [3.05, 3.63) is 59.2 Å². The van der Waals surface area contributed by atoms with Crippen molar-refractivity contribution in [3.63, 3.8) is 0 Å². The Morgan fingerprint density at radius 2 is 2.05 bits per heavy atom. The number of hydrogen-bond donors (Lipinski definition) is 3. The van der Waals surface area contributed by atoms with Crippen LogP contribution in [0.4, 0.5) is 11.4 Å². The third kappa shape index (κ3) is 2.37. The molecular weight excluding hydrogens is 248 g/mol. The van der Waals surface area contributed by atoms with Crippen LogP contribution in [0.15, 0.2) is 42.5 Å². The number of nitrogen functional groups attached to an aromatic ring is 1. The van der Waals surface area contributed by atoms with E-state index in [4.69, 9.17) is 5.73 Å². The summed E-state index contributed by atoms with van der Waals surface area (Å²) < 4.78 is 0. The van der Waals surface area contributed by atoms with Crippen molar-refractivity contribution >= 4 is 11.4 Å². The molecule has 2 aromatic rings. The number of aryl methyl sites for hydroxylation is 1. The van der Waals surface area contributed by atoms with Crippen LogP contribution in [-0.2, 0) is 6.42 Å². The molecule has 0 bridgehead atoms. The lowest BCUT2D eigenvalue weighted by atomic mass is 10.0. The van der Waals surface area contributed by atoms with Crippen molar-refractivity contribution in [3.8, 4) is 0 Å². The summed E-state index contributed by atoms with van der Waals surface area (Å²) in [5.74, 6) is 0. The third-order valence-electron chi connectivity index (χ3n) is 3.99. The van der Waals surface area contributed by atoms with Gasteiger partial charge in [-0.2, -0.15) is 0 Å². The third-order valence-corrected chi connectivity index (χ3v) is 3.99. The lowest BCUT2D eigenvalue weighted by Gasteiger charge is -2.19. The number of hydrogen-bond acceptors (Lipinski definition) is 3. The van der Waals surface area contributed by atoms with E-state index in [9.17, 15) is 5.11 Å². The lowest BCUT2D eigenvalue weighted by Crippen LogP contribution is -2.10. The van der Waals surface area contributed by atoms with Crippen molar-refractivity contribution in [1.29, 1.82) is 0 Å². The molecule has 2 aromatic carbocycles. The van der Waals surface area contributed by atoms with Crippen LogP contribution in [0, 0.1) is 0 Å². The average Bonchev–Trinajstić information content (AvgIpc) is 2.81. The van der Waals surface area contributed by atoms with E-state index in [2.05, 4.69) is 17.4 Å². The van der Waals surface area contributed by atoms with Gasteiger partial charge in [-0.25, -0.2) is 0 Å². The minimum absolute atomic E-state index is 0.297. The summed E-state index contributed by atoms with van der Waals surface area (Å²) in [5.41, 5.74) is 11.3. The summed E-state index contributed by atoms with van der Waals surface area (Å²) in [5, 5.41) is 13.4. The molecule has 0 radical (unpaired) electrons. The lowest BCUT2D eigenvalue weighted by molar-refractivity contribution is 0.200. The summed E-state index contributed by atoms with van der Waals surface area (Å²) in [6.07, 6.45) is 1.65. The fourth-order valence-electron chi connectivity index (χ4n) is 2.97. The number of para-hydroxylation sites is 1. The summed E-state index contributed by atoms with van der Waals surface area (Å²) in [7, 11) is 0. The highest BCUT2D eigenvalue weighted by Gasteiger charge is 2.23. The molecule has 0 saturated heterocycles. The Hall–Kier alpha value is -2.00. The van der Waals surface area contributed by atoms with E-state index in [0.29, 0.717) is 6.04 Å². The zero-order valence-electron chi connectivity index (χ0n) is 11.6. The summed E-state index contributed by atoms with van der Waals surface area (Å²) in [6.45, 7) is 1.80. The molecule has 3 heteroatoms. The maximum absolute atomic E-state index is 9.85. The van der Waals surface area contributed by atoms with Gasteiger partial charge in [0.2, 0.25) is 0 Å². The SMILES string of the molecule is CC(O)c1ccccc1NC1CCc2cc(N)ccc21. The molecule has 2 unspecified atom stereocenters. The second-order valence-electron chi connectivity index (χ2n) is 5.46. The van der Waals surface area contributed by atoms with Gasteiger partial charge in [0.15, 0.2) is 0 Å². The molecule has 0 spiro atoms. The molecule has 1 aliphatic rings. The second-order valence-corrected chi connectivity index (χ2v) is 5.46. The van der Waals surface area contributed by atoms with Crippen LogP contribution in [0.1, 0.15) is 42.2 Å². The van der Waals surface area contributed by atoms with Gasteiger partial charge in [0.1, 0.15) is 0 Å². The van der Waals surface area contributed by atoms with E-state index < -0.39 is 6.10 Å². The number of anilines is 2. The molecule has 0 aromatic heterocycles. The molecular formula is C17H20N2O. The van der Waals surface area contributed by atoms with Gasteiger partial charge in [-0.1, -0.05) is 24.3 Å². The quantitative estimate of drug-likeness (QED) is 0.748. The van der Waals surface area contributed by atoms with Crippen LogP contribution in [0.25, 0.3) is 0 Å². The fraction of sp³-hybridized carbons (Fsp3) is 0.294. The van der Waals surface area contributed by atoms with Gasteiger partial charge in [-0.15, -0.1) is 0 Å². The summed E-state index contributed by atoms with van der Waals surface area (Å²) in [6, 6.07) is 14.4. The fourth-order valence-corrected chi connectivity index (χ4v) is 2.97. The molecule has 0 aliphatic heterocycles. The Bertz CT molecular complexity index is 622. The van der Waals surface area contributed by atoms with Crippen molar-refractivity contribution in [1.82, 2.24) is 0 Å². The number of benzene rings is 2. The Morgan fingerprint density at radius 1 is 1.25 bits per heavy atom. The minimum atomic E-state index is -0.467. The Balaban J connectivity index is 1.88. The number of nitrogens with two attached hydrogens (primary N) is 1. The molecule has 0 saturated carbocycles. The van der Waals surface area contributed by atoms with Crippen LogP contribution in [-0.4, -0.2) is 5.11 Å². The minimum Gasteiger partial charge on any atom is -0.399 e. The van der Waals surface area contributed by atoms with E-state index in [-0.39, 0.29) is 0 Å². The molecule has 3 nitrogen and oxygen atoms in total. The van der Waals surface area contributed by atoms with Crippen molar-refractivity contribution in [2.24, 2.45) is 0 Å². The van der Waals surface area contributed by atoms with Gasteiger partial charge < -0.3 is 16.2 Å². The van der Waals surface area contributed by atoms with Crippen LogP contribution in [0.3, 0.4) is 0 Å². The van der Waals surface area contributed by atoms with E-state index >= 15 is 0 Å². The summed E-state index contributed by atoms with van der Waals surface area (Å²) >= 11 is 0. The monoisotopic (exact) mass is 268 g/mol. The first-order valence-corrected chi connectivity index (χ1v) is 7.07. The normalized spacial score (nSPS) is 18.6. The summed E-state index contributed by atoms with van der Waals surface area (Å²) in [4.78, 5) is 0. The van der Waals surface area contributed by atoms with E-state index in [1.54, 1.807) is 6.92 Å². The van der Waals surface area contributed by atoms with Crippen molar-refractivity contribution in [2.45, 2.75) is 31.9 Å². The van der Waals surface area contributed by atoms with Gasteiger partial charge in [0.05, 0.1) is 12.1 Å². The number of rotatable bonds is 3. The first-order valence-electron chi connectivity index (χ1n) is 7.07. The van der Waals surface area contributed by atoms with Gasteiger partial charge in [-0.05, 0) is 49.1 Å². The molecule has 4 N–H and O–H groups in total. The van der Waals surface area contributed by atoms with Crippen molar-refractivity contribution in [2.75, 3.05) is 11.1 Å². The molecule has 2 atom stereocenters. The standard InChI is InChI=1S/C17H20N2O/c1-11(20)14-4-2-3-5-16(14)19-17-9-6-12-10-13(18)7-8-15(12)17/h2-5,7-8,10-11,17,19-20H,6,9,18H2,1H3. The zero-order chi connectivity index (χ0) is 14.1. The van der Waals surface area contributed by atoms with Gasteiger partial charge >= 0.3 is 0 Å². The van der Waals surface area contributed by atoms with Gasteiger partial charge in [-0.3, -0.25) is 0 Å². The maximum Gasteiger partial charge on any atom is 0.0781 e. The molecule has 0 heterocycles. The Morgan fingerprint density at radius 3 is 2.85 bits per heavy atom. The average molecular weight is 268 g/mol. The van der Waals surface area contributed by atoms with E-state index in [1.807, 2.05) is 30.3 Å². The largest absolute Gasteiger partial charge is 0.399 e. The van der Waals surface area contributed by atoms with Crippen LogP contribution in [0.5, 0.6) is 0 Å². The topological polar surface area (TPSA) is 58.3 Å². The number of aliphatic hydroxyl groups is 1. The van der Waals surface area contributed by atoms with Gasteiger partial charge in [0, 0.05) is 16.9 Å². The van der Waals surface area contributed by atoms with E-state index in [0.717, 1.165) is 29.8 Å². The molecule has 0 amide bonds. The smallest absolute Gasteiger partial charge is 0.0781 e.